The lowest BCUT2D eigenvalue weighted by Crippen LogP contribution is -2.52. The summed E-state index contributed by atoms with van der Waals surface area (Å²) in [4.78, 5) is 22.2. The number of ether oxygens (including phenoxy) is 2. The minimum atomic E-state index is -2.01. The van der Waals surface area contributed by atoms with E-state index in [2.05, 4.69) is 15.0 Å². The highest BCUT2D eigenvalue weighted by Crippen LogP contribution is 2.25. The molecule has 0 spiro atoms. The van der Waals surface area contributed by atoms with Gasteiger partial charge in [-0.1, -0.05) is 0 Å². The minimum Gasteiger partial charge on any atom is -0.477 e. The number of carboxylic acid groups (broad SMARTS) is 1. The summed E-state index contributed by atoms with van der Waals surface area (Å²) in [6.45, 7) is 0. The van der Waals surface area contributed by atoms with Gasteiger partial charge < -0.3 is 20.3 Å². The van der Waals surface area contributed by atoms with E-state index in [1.54, 1.807) is 0 Å². The van der Waals surface area contributed by atoms with Gasteiger partial charge in [-0.3, -0.25) is 0 Å². The lowest BCUT2D eigenvalue weighted by atomic mass is 10.1. The van der Waals surface area contributed by atoms with Crippen LogP contribution in [0.1, 0.15) is 11.9 Å². The largest absolute Gasteiger partial charge is 0.477 e. The predicted octanol–water partition coefficient (Wildman–Crippen LogP) is -1.05. The summed E-state index contributed by atoms with van der Waals surface area (Å²) in [5.74, 6) is -3.30. The first-order valence-electron chi connectivity index (χ1n) is 4.29. The van der Waals surface area contributed by atoms with Gasteiger partial charge in [-0.25, -0.2) is 19.7 Å². The topological polar surface area (TPSA) is 120 Å². The number of carboxylic acids is 1. The van der Waals surface area contributed by atoms with E-state index in [-0.39, 0.29) is 5.82 Å². The van der Waals surface area contributed by atoms with E-state index >= 15 is 0 Å². The number of hydrogen-bond donors (Lipinski definition) is 2. The Kier molecular flexibility index (Phi) is 3.82. The lowest BCUT2D eigenvalue weighted by molar-refractivity contribution is -0.235. The van der Waals surface area contributed by atoms with Crippen molar-refractivity contribution in [2.75, 3.05) is 14.2 Å². The van der Waals surface area contributed by atoms with E-state index in [0.29, 0.717) is 0 Å². The van der Waals surface area contributed by atoms with Crippen LogP contribution in [-0.2, 0) is 14.3 Å². The van der Waals surface area contributed by atoms with Crippen LogP contribution in [0, 0.1) is 0 Å². The van der Waals surface area contributed by atoms with Crippen LogP contribution in [0.4, 0.5) is 0 Å². The molecule has 0 radical (unpaired) electrons. The van der Waals surface area contributed by atoms with Gasteiger partial charge in [0, 0.05) is 14.2 Å². The standard InChI is InChI=1S/C8H12N4O4/c1-15-8(16-2,7(13)14)5(9)6-11-3-10-4-12-6/h3-5H,9H2,1-2H3,(H,13,14). The van der Waals surface area contributed by atoms with E-state index in [1.165, 1.54) is 26.9 Å². The fourth-order valence-corrected chi connectivity index (χ4v) is 1.22. The third-order valence-corrected chi connectivity index (χ3v) is 2.11. The molecule has 0 bridgehead atoms. The molecule has 0 aliphatic carbocycles. The number of methoxy groups -OCH3 is 2. The molecule has 0 amide bonds. The third kappa shape index (κ3) is 1.98. The predicted molar refractivity (Wildman–Crippen MR) is 51.1 cm³/mol. The van der Waals surface area contributed by atoms with Gasteiger partial charge in [0.05, 0.1) is 0 Å². The van der Waals surface area contributed by atoms with Crippen LogP contribution >= 0.6 is 0 Å². The smallest absolute Gasteiger partial charge is 0.366 e. The maximum atomic E-state index is 11.1. The molecule has 16 heavy (non-hydrogen) atoms. The van der Waals surface area contributed by atoms with Gasteiger partial charge in [0.1, 0.15) is 18.7 Å². The molecule has 1 atom stereocenters. The van der Waals surface area contributed by atoms with Crippen molar-refractivity contribution in [3.63, 3.8) is 0 Å². The summed E-state index contributed by atoms with van der Waals surface area (Å²) in [7, 11) is 2.36. The monoisotopic (exact) mass is 228 g/mol. The van der Waals surface area contributed by atoms with E-state index in [0.717, 1.165) is 0 Å². The molecule has 0 saturated carbocycles. The highest BCUT2D eigenvalue weighted by Gasteiger charge is 2.48. The second-order valence-electron chi connectivity index (χ2n) is 2.85. The molecule has 8 nitrogen and oxygen atoms in total. The zero-order valence-electron chi connectivity index (χ0n) is 8.82. The summed E-state index contributed by atoms with van der Waals surface area (Å²) >= 11 is 0. The Hall–Kier alpha value is -1.64. The Morgan fingerprint density at radius 1 is 1.44 bits per heavy atom. The summed E-state index contributed by atoms with van der Waals surface area (Å²) in [5.41, 5.74) is 5.71. The Morgan fingerprint density at radius 3 is 2.31 bits per heavy atom. The van der Waals surface area contributed by atoms with Crippen molar-refractivity contribution in [1.82, 2.24) is 15.0 Å². The molecule has 1 rings (SSSR count). The highest BCUT2D eigenvalue weighted by atomic mass is 16.7. The van der Waals surface area contributed by atoms with Crippen molar-refractivity contribution in [2.24, 2.45) is 5.73 Å². The van der Waals surface area contributed by atoms with Crippen LogP contribution in [0.15, 0.2) is 12.7 Å². The maximum Gasteiger partial charge on any atom is 0.366 e. The Bertz CT molecular complexity index is 354. The minimum absolute atomic E-state index is 0.0705. The number of aromatic nitrogens is 3. The van der Waals surface area contributed by atoms with E-state index < -0.39 is 17.8 Å². The quantitative estimate of drug-likeness (QED) is 0.612. The second-order valence-corrected chi connectivity index (χ2v) is 2.85. The number of carbonyl (C=O) groups is 1. The number of nitrogens with two attached hydrogens (primary N) is 1. The van der Waals surface area contributed by atoms with Crippen LogP contribution < -0.4 is 5.73 Å². The average Bonchev–Trinajstić information content (AvgIpc) is 2.32. The normalized spacial score (nSPS) is 13.4. The zero-order valence-corrected chi connectivity index (χ0v) is 8.82. The maximum absolute atomic E-state index is 11.1. The molecule has 88 valence electrons. The zero-order chi connectivity index (χ0) is 12.2. The molecule has 1 heterocycles. The van der Waals surface area contributed by atoms with Crippen LogP contribution in [0.25, 0.3) is 0 Å². The molecule has 0 aliphatic heterocycles. The number of rotatable bonds is 5. The van der Waals surface area contributed by atoms with Crippen molar-refractivity contribution >= 4 is 5.97 Å². The fourth-order valence-electron chi connectivity index (χ4n) is 1.22. The molecule has 8 heteroatoms. The number of nitrogens with zero attached hydrogens (tertiary/aromatic N) is 3. The molecule has 0 aromatic carbocycles. The van der Waals surface area contributed by atoms with Gasteiger partial charge in [-0.05, 0) is 0 Å². The molecule has 0 saturated heterocycles. The summed E-state index contributed by atoms with van der Waals surface area (Å²) in [6.07, 6.45) is 2.42. The Balaban J connectivity index is 3.10. The molecule has 1 unspecified atom stereocenters. The van der Waals surface area contributed by atoms with Crippen molar-refractivity contribution in [3.05, 3.63) is 18.5 Å². The van der Waals surface area contributed by atoms with Crippen molar-refractivity contribution in [3.8, 4) is 0 Å². The molecular formula is C8H12N4O4. The van der Waals surface area contributed by atoms with Crippen molar-refractivity contribution < 1.29 is 19.4 Å². The van der Waals surface area contributed by atoms with Crippen molar-refractivity contribution in [1.29, 1.82) is 0 Å². The lowest BCUT2D eigenvalue weighted by Gasteiger charge is -2.30. The summed E-state index contributed by atoms with van der Waals surface area (Å²) in [6, 6.07) is -1.16. The summed E-state index contributed by atoms with van der Waals surface area (Å²) < 4.78 is 9.64. The van der Waals surface area contributed by atoms with Gasteiger partial charge >= 0.3 is 5.97 Å². The van der Waals surface area contributed by atoms with Crippen LogP contribution in [-0.4, -0.2) is 46.0 Å². The van der Waals surface area contributed by atoms with E-state index in [9.17, 15) is 4.79 Å². The number of hydrogen-bond acceptors (Lipinski definition) is 7. The van der Waals surface area contributed by atoms with Gasteiger partial charge in [0.25, 0.3) is 5.79 Å². The fraction of sp³-hybridized carbons (Fsp3) is 0.500. The van der Waals surface area contributed by atoms with Crippen molar-refractivity contribution in [2.45, 2.75) is 11.8 Å². The molecule has 1 aromatic heterocycles. The van der Waals surface area contributed by atoms with Gasteiger partial charge in [0.15, 0.2) is 5.82 Å². The van der Waals surface area contributed by atoms with Gasteiger partial charge in [-0.2, -0.15) is 0 Å². The van der Waals surface area contributed by atoms with E-state index in [4.69, 9.17) is 20.3 Å². The average molecular weight is 228 g/mol. The Morgan fingerprint density at radius 2 is 1.94 bits per heavy atom. The van der Waals surface area contributed by atoms with Crippen LogP contribution in [0.2, 0.25) is 0 Å². The summed E-state index contributed by atoms with van der Waals surface area (Å²) in [5, 5.41) is 9.05. The first-order chi connectivity index (χ1) is 7.58. The molecule has 3 N–H and O–H groups in total. The molecule has 1 aromatic rings. The van der Waals surface area contributed by atoms with Crippen LogP contribution in [0.5, 0.6) is 0 Å². The first-order valence-corrected chi connectivity index (χ1v) is 4.29. The van der Waals surface area contributed by atoms with E-state index in [1.807, 2.05) is 0 Å². The molecular weight excluding hydrogens is 216 g/mol. The Labute approximate surface area is 91.4 Å². The SMILES string of the molecule is COC(OC)(C(=O)O)C(N)c1ncncn1. The molecule has 0 aliphatic rings. The van der Waals surface area contributed by atoms with Gasteiger partial charge in [-0.15, -0.1) is 0 Å². The van der Waals surface area contributed by atoms with Crippen LogP contribution in [0.3, 0.4) is 0 Å². The first kappa shape index (κ1) is 12.4. The second kappa shape index (κ2) is 4.92. The number of aliphatic carboxylic acids is 1. The highest BCUT2D eigenvalue weighted by molar-refractivity contribution is 5.76. The van der Waals surface area contributed by atoms with Gasteiger partial charge in [0.2, 0.25) is 0 Å². The third-order valence-electron chi connectivity index (χ3n) is 2.11. The molecule has 0 fully saturated rings.